The predicted octanol–water partition coefficient (Wildman–Crippen LogP) is 3.04. The fraction of sp³-hybridized carbons (Fsp3) is 0.316. The fourth-order valence-corrected chi connectivity index (χ4v) is 4.36. The molecule has 1 aliphatic rings. The molecule has 0 spiro atoms. The second kappa shape index (κ2) is 7.37. The van der Waals surface area contributed by atoms with Gasteiger partial charge in [-0.1, -0.05) is 24.3 Å². The Labute approximate surface area is 148 Å². The molecule has 0 bridgehead atoms. The van der Waals surface area contributed by atoms with E-state index in [1.54, 1.807) is 12.1 Å². The summed E-state index contributed by atoms with van der Waals surface area (Å²) in [5.41, 5.74) is 3.14. The molecule has 1 aliphatic carbocycles. The first-order chi connectivity index (χ1) is 12.0. The summed E-state index contributed by atoms with van der Waals surface area (Å²) in [7, 11) is -3.57. The lowest BCUT2D eigenvalue weighted by Gasteiger charge is -2.25. The van der Waals surface area contributed by atoms with E-state index in [0.29, 0.717) is 12.2 Å². The van der Waals surface area contributed by atoms with Crippen LogP contribution in [0.3, 0.4) is 0 Å². The van der Waals surface area contributed by atoms with E-state index < -0.39 is 10.0 Å². The number of benzene rings is 2. The molecule has 0 saturated carbocycles. The van der Waals surface area contributed by atoms with Gasteiger partial charge in [0.1, 0.15) is 0 Å². The zero-order valence-corrected chi connectivity index (χ0v) is 15.0. The topological polar surface area (TPSA) is 75.3 Å². The second-order valence-electron chi connectivity index (χ2n) is 6.35. The summed E-state index contributed by atoms with van der Waals surface area (Å²) >= 11 is 0. The minimum atomic E-state index is -3.57. The Bertz CT molecular complexity index is 860. The van der Waals surface area contributed by atoms with Crippen LogP contribution in [-0.4, -0.2) is 20.9 Å². The Hall–Kier alpha value is -2.18. The van der Waals surface area contributed by atoms with Crippen molar-refractivity contribution in [1.29, 1.82) is 0 Å². The van der Waals surface area contributed by atoms with Gasteiger partial charge in [0, 0.05) is 19.2 Å². The number of aryl methyl sites for hydroxylation is 1. The molecular weight excluding hydrogens is 336 g/mol. The molecule has 0 radical (unpaired) electrons. The second-order valence-corrected chi connectivity index (χ2v) is 8.11. The largest absolute Gasteiger partial charge is 0.326 e. The van der Waals surface area contributed by atoms with Crippen LogP contribution >= 0.6 is 0 Å². The van der Waals surface area contributed by atoms with Crippen molar-refractivity contribution in [1.82, 2.24) is 4.72 Å². The summed E-state index contributed by atoms with van der Waals surface area (Å²) < 4.78 is 27.8. The van der Waals surface area contributed by atoms with Crippen LogP contribution in [0.4, 0.5) is 5.69 Å². The van der Waals surface area contributed by atoms with Gasteiger partial charge in [-0.25, -0.2) is 13.1 Å². The first-order valence-corrected chi connectivity index (χ1v) is 9.89. The van der Waals surface area contributed by atoms with E-state index in [4.69, 9.17) is 0 Å². The maximum Gasteiger partial charge on any atom is 0.240 e. The minimum Gasteiger partial charge on any atom is -0.326 e. The van der Waals surface area contributed by atoms with Crippen molar-refractivity contribution in [3.05, 3.63) is 59.7 Å². The van der Waals surface area contributed by atoms with Crippen LogP contribution in [0.2, 0.25) is 0 Å². The van der Waals surface area contributed by atoms with Crippen molar-refractivity contribution >= 4 is 21.6 Å². The van der Waals surface area contributed by atoms with E-state index in [1.165, 1.54) is 30.2 Å². The Morgan fingerprint density at radius 1 is 1.12 bits per heavy atom. The Balaban J connectivity index is 1.69. The smallest absolute Gasteiger partial charge is 0.240 e. The highest BCUT2D eigenvalue weighted by Crippen LogP contribution is 2.31. The molecule has 1 atom stereocenters. The summed E-state index contributed by atoms with van der Waals surface area (Å²) in [6.45, 7) is 1.81. The first kappa shape index (κ1) is 17.6. The first-order valence-electron chi connectivity index (χ1n) is 8.41. The van der Waals surface area contributed by atoms with E-state index in [1.807, 2.05) is 12.1 Å². The van der Waals surface area contributed by atoms with Crippen molar-refractivity contribution in [3.8, 4) is 0 Å². The normalized spacial score (nSPS) is 16.9. The molecule has 132 valence electrons. The minimum absolute atomic E-state index is 0.190. The van der Waals surface area contributed by atoms with Crippen LogP contribution in [0.1, 0.15) is 36.8 Å². The number of fused-ring (bicyclic) bond motifs is 1. The van der Waals surface area contributed by atoms with Crippen LogP contribution in [0.15, 0.2) is 53.4 Å². The molecule has 0 aromatic heterocycles. The number of carbonyl (C=O) groups excluding carboxylic acids is 1. The van der Waals surface area contributed by atoms with Gasteiger partial charge in [-0.3, -0.25) is 4.79 Å². The SMILES string of the molecule is CC(=O)Nc1ccc(S(=O)(=O)NCC2CCCc3ccccc32)cc1. The zero-order chi connectivity index (χ0) is 17.9. The molecule has 2 N–H and O–H groups in total. The van der Waals surface area contributed by atoms with E-state index >= 15 is 0 Å². The third-order valence-electron chi connectivity index (χ3n) is 4.50. The molecule has 0 aliphatic heterocycles. The highest BCUT2D eigenvalue weighted by atomic mass is 32.2. The van der Waals surface area contributed by atoms with Gasteiger partial charge in [-0.05, 0) is 60.6 Å². The summed E-state index contributed by atoms with van der Waals surface area (Å²) in [5.74, 6) is 0.0167. The lowest BCUT2D eigenvalue weighted by molar-refractivity contribution is -0.114. The van der Waals surface area contributed by atoms with E-state index in [0.717, 1.165) is 19.3 Å². The van der Waals surface area contributed by atoms with Crippen LogP contribution in [0.25, 0.3) is 0 Å². The molecule has 2 aromatic rings. The third kappa shape index (κ3) is 4.27. The van der Waals surface area contributed by atoms with Gasteiger partial charge in [-0.2, -0.15) is 0 Å². The highest BCUT2D eigenvalue weighted by molar-refractivity contribution is 7.89. The third-order valence-corrected chi connectivity index (χ3v) is 5.94. The molecule has 3 rings (SSSR count). The summed E-state index contributed by atoms with van der Waals surface area (Å²) in [6.07, 6.45) is 3.12. The molecule has 2 aromatic carbocycles. The van der Waals surface area contributed by atoms with Crippen molar-refractivity contribution < 1.29 is 13.2 Å². The van der Waals surface area contributed by atoms with E-state index in [2.05, 4.69) is 22.2 Å². The molecule has 0 saturated heterocycles. The number of rotatable bonds is 5. The summed E-state index contributed by atoms with van der Waals surface area (Å²) in [6, 6.07) is 14.4. The lowest BCUT2D eigenvalue weighted by Crippen LogP contribution is -2.30. The number of sulfonamides is 1. The lowest BCUT2D eigenvalue weighted by atomic mass is 9.83. The van der Waals surface area contributed by atoms with Gasteiger partial charge >= 0.3 is 0 Å². The van der Waals surface area contributed by atoms with Crippen molar-refractivity contribution in [3.63, 3.8) is 0 Å². The highest BCUT2D eigenvalue weighted by Gasteiger charge is 2.22. The number of carbonyl (C=O) groups is 1. The maximum absolute atomic E-state index is 12.5. The molecule has 1 unspecified atom stereocenters. The van der Waals surface area contributed by atoms with E-state index in [-0.39, 0.29) is 16.7 Å². The molecular formula is C19H22N2O3S. The molecule has 1 amide bonds. The van der Waals surface area contributed by atoms with Crippen LogP contribution in [0, 0.1) is 0 Å². The van der Waals surface area contributed by atoms with Crippen molar-refractivity contribution in [2.24, 2.45) is 0 Å². The molecule has 0 heterocycles. The molecule has 5 nitrogen and oxygen atoms in total. The number of anilines is 1. The molecule has 25 heavy (non-hydrogen) atoms. The van der Waals surface area contributed by atoms with Crippen LogP contribution in [-0.2, 0) is 21.2 Å². The number of amides is 1. The maximum atomic E-state index is 12.5. The van der Waals surface area contributed by atoms with Gasteiger partial charge in [0.15, 0.2) is 0 Å². The van der Waals surface area contributed by atoms with Gasteiger partial charge in [0.25, 0.3) is 0 Å². The van der Waals surface area contributed by atoms with E-state index in [9.17, 15) is 13.2 Å². The zero-order valence-electron chi connectivity index (χ0n) is 14.2. The number of hydrogen-bond acceptors (Lipinski definition) is 3. The van der Waals surface area contributed by atoms with Crippen molar-refractivity contribution in [2.75, 3.05) is 11.9 Å². The quantitative estimate of drug-likeness (QED) is 0.863. The van der Waals surface area contributed by atoms with Crippen molar-refractivity contribution in [2.45, 2.75) is 37.0 Å². The Morgan fingerprint density at radius 3 is 2.56 bits per heavy atom. The predicted molar refractivity (Wildman–Crippen MR) is 98.1 cm³/mol. The van der Waals surface area contributed by atoms with Crippen LogP contribution in [0.5, 0.6) is 0 Å². The monoisotopic (exact) mass is 358 g/mol. The van der Waals surface area contributed by atoms with Crippen LogP contribution < -0.4 is 10.0 Å². The summed E-state index contributed by atoms with van der Waals surface area (Å²) in [5, 5.41) is 2.62. The van der Waals surface area contributed by atoms with Gasteiger partial charge < -0.3 is 5.32 Å². The average molecular weight is 358 g/mol. The summed E-state index contributed by atoms with van der Waals surface area (Å²) in [4.78, 5) is 11.2. The van der Waals surface area contributed by atoms with Gasteiger partial charge in [0.2, 0.25) is 15.9 Å². The Morgan fingerprint density at radius 2 is 1.84 bits per heavy atom. The molecule has 0 fully saturated rings. The van der Waals surface area contributed by atoms with Gasteiger partial charge in [-0.15, -0.1) is 0 Å². The van der Waals surface area contributed by atoms with Gasteiger partial charge in [0.05, 0.1) is 4.90 Å². The average Bonchev–Trinajstić information content (AvgIpc) is 2.60. The number of nitrogens with one attached hydrogen (secondary N) is 2. The Kier molecular flexibility index (Phi) is 5.20. The number of hydrogen-bond donors (Lipinski definition) is 2. The molecule has 6 heteroatoms. The standard InChI is InChI=1S/C19H22N2O3S/c1-14(22)21-17-9-11-18(12-10-17)25(23,24)20-13-16-7-4-6-15-5-2-3-8-19(15)16/h2-3,5,8-12,16,20H,4,6-7,13H2,1H3,(H,21,22). The fourth-order valence-electron chi connectivity index (χ4n) is 3.28.